The Labute approximate surface area is 288 Å². The number of fused-ring (bicyclic) bond motifs is 1. The van der Waals surface area contributed by atoms with Crippen LogP contribution in [0, 0.1) is 0 Å². The van der Waals surface area contributed by atoms with Gasteiger partial charge in [0.2, 0.25) is 12.1 Å². The number of carboxylic acids is 1. The van der Waals surface area contributed by atoms with Crippen molar-refractivity contribution in [3.63, 3.8) is 0 Å². The molecule has 258 valence electrons. The summed E-state index contributed by atoms with van der Waals surface area (Å²) in [5.74, 6) is -1.52. The van der Waals surface area contributed by atoms with Gasteiger partial charge < -0.3 is 25.7 Å². The van der Waals surface area contributed by atoms with Crippen LogP contribution in [-0.4, -0.2) is 52.6 Å². The fourth-order valence-electron chi connectivity index (χ4n) is 5.11. The minimum Gasteiger partial charge on any atom is -0.691 e. The van der Waals surface area contributed by atoms with Crippen molar-refractivity contribution in [2.45, 2.75) is 62.4 Å². The minimum atomic E-state index is -1.64. The summed E-state index contributed by atoms with van der Waals surface area (Å²) in [6, 6.07) is 13.5. The number of carbonyl (C=O) groups is 4. The molecule has 2 amide bonds. The Kier molecular flexibility index (Phi) is 14.3. The first-order chi connectivity index (χ1) is 23.8. The van der Waals surface area contributed by atoms with Crippen molar-refractivity contribution >= 4 is 47.6 Å². The number of ketones is 1. The normalized spacial score (nSPS) is 13.0. The third-order valence-corrected chi connectivity index (χ3v) is 8.16. The molecule has 3 aromatic rings. The molecular weight excluding hydrogens is 654 g/mol. The van der Waals surface area contributed by atoms with Gasteiger partial charge in [0.05, 0.1) is 30.4 Å². The number of ether oxygens (including phenoxy) is 1. The molecule has 0 bridgehead atoms. The van der Waals surface area contributed by atoms with Gasteiger partial charge in [0.25, 0.3) is 5.91 Å². The first-order valence-electron chi connectivity index (χ1n) is 15.5. The number of carbonyl (C=O) groups excluding carboxylic acids is 3. The monoisotopic (exact) mass is 691 g/mol. The smallest absolute Gasteiger partial charge is 0.691 e. The molecule has 1 aromatic heterocycles. The van der Waals surface area contributed by atoms with Gasteiger partial charge in [-0.05, 0) is 74.4 Å². The van der Waals surface area contributed by atoms with Crippen LogP contribution >= 0.6 is 12.0 Å². The van der Waals surface area contributed by atoms with Crippen LogP contribution in [0.25, 0.3) is 0 Å². The van der Waals surface area contributed by atoms with Gasteiger partial charge in [-0.25, -0.2) is 9.78 Å². The molecule has 1 aliphatic rings. The number of nitrogens with one attached hydrogen (secondary N) is 3. The van der Waals surface area contributed by atoms with Gasteiger partial charge in [-0.3, -0.25) is 24.8 Å². The summed E-state index contributed by atoms with van der Waals surface area (Å²) in [4.78, 5) is 53.9. The van der Waals surface area contributed by atoms with Gasteiger partial charge in [0.1, 0.15) is 11.6 Å². The largest absolute Gasteiger partial charge is 1.00 e. The molecule has 1 aliphatic carbocycles. The van der Waals surface area contributed by atoms with Crippen molar-refractivity contribution < 1.29 is 45.1 Å². The van der Waals surface area contributed by atoms with Crippen LogP contribution < -0.4 is 26.1 Å². The van der Waals surface area contributed by atoms with Crippen molar-refractivity contribution in [1.29, 1.82) is 0 Å². The highest BCUT2D eigenvalue weighted by Crippen LogP contribution is 2.32. The molecule has 49 heavy (non-hydrogen) atoms. The number of allylic oxidation sites excluding steroid dienone is 1. The molecular formula is C34H37N5O9S. The van der Waals surface area contributed by atoms with Gasteiger partial charge in [0.15, 0.2) is 5.78 Å². The van der Waals surface area contributed by atoms with Crippen molar-refractivity contribution in [2.75, 3.05) is 12.0 Å². The van der Waals surface area contributed by atoms with Crippen LogP contribution in [0.3, 0.4) is 0 Å². The summed E-state index contributed by atoms with van der Waals surface area (Å²) < 4.78 is 10.4. The standard InChI is InChI=1S/C34H37N5O9S/c1-2-9-26-24-11-8-12-27(40)25(24)16-17-28(26)46-19-7-3-4-14-31(41)37-32(34(43)44)38-33(42)23-15-18-30(35-20-23)39-36-21-22-10-5-6-13-29(22)49-48-47-45/h2,5-6,10,13,15-18,20-21,32,45H,1,3-4,7-9,11-12,14,19H2,(H,35,39)(H,37,41)(H,38,42)(H,43,44)/b36-21+/t32-/m0/s1. The molecule has 0 radical (unpaired) electrons. The number of hydrogen-bond acceptors (Lipinski definition) is 12. The molecule has 14 nitrogen and oxygen atoms in total. The maximum atomic E-state index is 12.7. The highest BCUT2D eigenvalue weighted by atomic mass is 32.2. The third kappa shape index (κ3) is 11.0. The quantitative estimate of drug-likeness (QED) is 0.0268. The lowest BCUT2D eigenvalue weighted by Gasteiger charge is -2.21. The van der Waals surface area contributed by atoms with E-state index in [-0.39, 0.29) is 19.2 Å². The van der Waals surface area contributed by atoms with Gasteiger partial charge in [0, 0.05) is 40.6 Å². The van der Waals surface area contributed by atoms with Crippen LogP contribution in [0.4, 0.5) is 5.82 Å². The number of pyridine rings is 1. The van der Waals surface area contributed by atoms with Gasteiger partial charge in [-0.1, -0.05) is 24.3 Å². The molecule has 0 unspecified atom stereocenters. The van der Waals surface area contributed by atoms with Crippen molar-refractivity contribution in [3.8, 4) is 5.75 Å². The molecule has 4 rings (SSSR count). The van der Waals surface area contributed by atoms with E-state index < -0.39 is 23.9 Å². The van der Waals surface area contributed by atoms with E-state index in [0.29, 0.717) is 55.0 Å². The number of amides is 2. The summed E-state index contributed by atoms with van der Waals surface area (Å²) in [5, 5.41) is 31.7. The Morgan fingerprint density at radius 3 is 2.69 bits per heavy atom. The number of hydrazone groups is 1. The van der Waals surface area contributed by atoms with Crippen molar-refractivity contribution in [1.82, 2.24) is 15.6 Å². The predicted octanol–water partition coefficient (Wildman–Crippen LogP) is 4.01. The van der Waals surface area contributed by atoms with E-state index in [1.807, 2.05) is 12.1 Å². The number of aliphatic carboxylic acids is 1. The molecule has 4 N–H and O–H groups in total. The molecule has 1 heterocycles. The van der Waals surface area contributed by atoms with Crippen LogP contribution in [0.5, 0.6) is 5.75 Å². The number of benzene rings is 2. The van der Waals surface area contributed by atoms with Crippen LogP contribution in [0.1, 0.15) is 77.4 Å². The number of Topliss-reactive ketones (excluding diaryl/α,β-unsaturated/α-hetero) is 1. The topological polar surface area (TPSA) is 201 Å². The Morgan fingerprint density at radius 2 is 1.94 bits per heavy atom. The number of carboxylic acid groups (broad SMARTS) is 1. The molecule has 0 saturated carbocycles. The Balaban J connectivity index is 0.00000676. The van der Waals surface area contributed by atoms with E-state index in [1.165, 1.54) is 24.5 Å². The van der Waals surface area contributed by atoms with Crippen molar-refractivity contribution in [3.05, 3.63) is 95.2 Å². The van der Waals surface area contributed by atoms with E-state index in [0.717, 1.165) is 47.3 Å². The highest BCUT2D eigenvalue weighted by Gasteiger charge is 2.24. The summed E-state index contributed by atoms with van der Waals surface area (Å²) in [6.07, 6.45) is 7.55. The number of rotatable bonds is 19. The average Bonchev–Trinajstić information content (AvgIpc) is 3.10. The molecule has 0 fully saturated rings. The SMILES string of the molecule is C=CCc1c(OCCCCCC(=O)N[C@@H](NC(=O)c2ccc(N/N=C/c3ccccc3SOO[O-])nc2)C(=O)O)ccc2c1CCCC2=O.[H+]. The molecule has 0 saturated heterocycles. The van der Waals surface area contributed by atoms with Gasteiger partial charge in [-0.15, -0.1) is 6.58 Å². The lowest BCUT2D eigenvalue weighted by Crippen LogP contribution is -2.52. The van der Waals surface area contributed by atoms with E-state index in [4.69, 9.17) is 4.74 Å². The van der Waals surface area contributed by atoms with Crippen LogP contribution in [0.2, 0.25) is 0 Å². The summed E-state index contributed by atoms with van der Waals surface area (Å²) in [5.41, 5.74) is 6.19. The zero-order valence-corrected chi connectivity index (χ0v) is 27.3. The van der Waals surface area contributed by atoms with E-state index in [2.05, 4.69) is 42.1 Å². The second-order valence-corrected chi connectivity index (χ2v) is 11.6. The zero-order valence-electron chi connectivity index (χ0n) is 27.5. The number of aromatic nitrogens is 1. The molecule has 2 aromatic carbocycles. The number of anilines is 1. The average molecular weight is 692 g/mol. The second kappa shape index (κ2) is 19.0. The molecule has 15 heteroatoms. The van der Waals surface area contributed by atoms with Crippen LogP contribution in [-0.2, 0) is 31.8 Å². The third-order valence-electron chi connectivity index (χ3n) is 7.48. The first-order valence-corrected chi connectivity index (χ1v) is 16.3. The Hall–Kier alpha value is -5.09. The number of unbranched alkanes of at least 4 members (excludes halogenated alkanes) is 2. The zero-order chi connectivity index (χ0) is 35.0. The van der Waals surface area contributed by atoms with Gasteiger partial charge >= 0.3 is 7.40 Å². The van der Waals surface area contributed by atoms with E-state index in [9.17, 15) is 29.5 Å². The lowest BCUT2D eigenvalue weighted by atomic mass is 9.86. The second-order valence-electron chi connectivity index (χ2n) is 10.9. The maximum absolute atomic E-state index is 12.7. The molecule has 0 aliphatic heterocycles. The summed E-state index contributed by atoms with van der Waals surface area (Å²) in [7, 11) is 0. The Morgan fingerprint density at radius 1 is 1.10 bits per heavy atom. The maximum Gasteiger partial charge on any atom is 1.00 e. The molecule has 1 atom stereocenters. The van der Waals surface area contributed by atoms with Crippen LogP contribution in [0.15, 0.2) is 77.4 Å². The summed E-state index contributed by atoms with van der Waals surface area (Å²) >= 11 is 0.723. The fraction of sp³-hybridized carbons (Fsp3) is 0.294. The Bertz CT molecular complexity index is 1670. The highest BCUT2D eigenvalue weighted by molar-refractivity contribution is 7.94. The van der Waals surface area contributed by atoms with Crippen molar-refractivity contribution in [2.24, 2.45) is 5.10 Å². The van der Waals surface area contributed by atoms with E-state index >= 15 is 0 Å². The first kappa shape index (κ1) is 36.7. The number of nitrogens with zero attached hydrogens (tertiary/aromatic N) is 2. The molecule has 0 spiro atoms. The lowest BCUT2D eigenvalue weighted by molar-refractivity contribution is -0.777. The fourth-order valence-corrected chi connectivity index (χ4v) is 5.56. The summed E-state index contributed by atoms with van der Waals surface area (Å²) in [6.45, 7) is 4.25. The predicted molar refractivity (Wildman–Crippen MR) is 180 cm³/mol. The number of hydrogen-bond donors (Lipinski definition) is 4. The minimum absolute atomic E-state index is 0. The van der Waals surface area contributed by atoms with E-state index in [1.54, 1.807) is 30.3 Å². The van der Waals surface area contributed by atoms with Gasteiger partial charge in [-0.2, -0.15) is 9.44 Å².